The fourth-order valence-corrected chi connectivity index (χ4v) is 17.5. The smallest absolute Gasteiger partial charge is 0.0614 e. The van der Waals surface area contributed by atoms with E-state index in [4.69, 9.17) is 0 Å². The molecule has 0 aromatic heterocycles. The van der Waals surface area contributed by atoms with E-state index in [1.807, 2.05) is 0 Å². The Bertz CT molecular complexity index is 622. The lowest BCUT2D eigenvalue weighted by Crippen LogP contribution is -2.23. The SMILES string of the molecule is CC[P+]1(CC)C[P+](CC)(CC)c2ccccc2-c2ccccc21. The third-order valence-electron chi connectivity index (χ3n) is 6.08. The molecule has 3 rings (SSSR count). The van der Waals surface area contributed by atoms with E-state index < -0.39 is 14.5 Å². The van der Waals surface area contributed by atoms with E-state index >= 15 is 0 Å². The minimum atomic E-state index is -1.07. The number of hydrogen-bond acceptors (Lipinski definition) is 0. The molecule has 2 heteroatoms. The first-order valence-corrected chi connectivity index (χ1v) is 13.8. The molecule has 0 N–H and O–H groups in total. The maximum absolute atomic E-state index is 2.46. The molecule has 0 amide bonds. The number of fused-ring (bicyclic) bond motifs is 3. The Labute approximate surface area is 143 Å². The average Bonchev–Trinajstić information content (AvgIpc) is 2.74. The predicted molar refractivity (Wildman–Crippen MR) is 112 cm³/mol. The van der Waals surface area contributed by atoms with Crippen LogP contribution in [0.1, 0.15) is 27.7 Å². The van der Waals surface area contributed by atoms with Gasteiger partial charge in [0.25, 0.3) is 0 Å². The highest BCUT2D eigenvalue weighted by atomic mass is 31.2. The fourth-order valence-electron chi connectivity index (χ4n) is 4.43. The Kier molecular flexibility index (Phi) is 4.96. The van der Waals surface area contributed by atoms with Crippen molar-refractivity contribution in [3.8, 4) is 11.1 Å². The Morgan fingerprint density at radius 3 is 1.30 bits per heavy atom. The van der Waals surface area contributed by atoms with Gasteiger partial charge in [0.15, 0.2) is 5.90 Å². The molecule has 0 saturated heterocycles. The van der Waals surface area contributed by atoms with E-state index in [9.17, 15) is 0 Å². The van der Waals surface area contributed by atoms with E-state index in [2.05, 4.69) is 76.2 Å². The topological polar surface area (TPSA) is 0 Å². The van der Waals surface area contributed by atoms with E-state index in [1.54, 1.807) is 21.7 Å². The summed E-state index contributed by atoms with van der Waals surface area (Å²) in [7, 11) is -2.15. The number of rotatable bonds is 4. The van der Waals surface area contributed by atoms with E-state index in [0.29, 0.717) is 0 Å². The molecular formula is C21H30P2+2. The summed E-state index contributed by atoms with van der Waals surface area (Å²) in [4.78, 5) is 0. The highest BCUT2D eigenvalue weighted by Gasteiger charge is 2.54. The summed E-state index contributed by atoms with van der Waals surface area (Å²) in [6, 6.07) is 18.7. The summed E-state index contributed by atoms with van der Waals surface area (Å²) in [5.41, 5.74) is 3.09. The predicted octanol–water partition coefficient (Wildman–Crippen LogP) is 5.69. The van der Waals surface area contributed by atoms with Crippen molar-refractivity contribution in [2.75, 3.05) is 30.6 Å². The van der Waals surface area contributed by atoms with Crippen molar-refractivity contribution < 1.29 is 0 Å². The van der Waals surface area contributed by atoms with Gasteiger partial charge in [-0.2, -0.15) is 0 Å². The van der Waals surface area contributed by atoms with Crippen LogP contribution in [-0.2, 0) is 0 Å². The molecule has 122 valence electrons. The lowest BCUT2D eigenvalue weighted by atomic mass is 10.1. The molecule has 1 aliphatic heterocycles. The van der Waals surface area contributed by atoms with Crippen LogP contribution in [0.4, 0.5) is 0 Å². The fraction of sp³-hybridized carbons (Fsp3) is 0.429. The second-order valence-corrected chi connectivity index (χ2v) is 15.9. The first kappa shape index (κ1) is 17.1. The zero-order valence-electron chi connectivity index (χ0n) is 15.0. The van der Waals surface area contributed by atoms with Crippen molar-refractivity contribution in [2.45, 2.75) is 27.7 Å². The third kappa shape index (κ3) is 2.59. The normalized spacial score (nSPS) is 17.9. The summed E-state index contributed by atoms with van der Waals surface area (Å²) in [5, 5.41) is 3.42. The van der Waals surface area contributed by atoms with E-state index in [0.717, 1.165) is 0 Å². The summed E-state index contributed by atoms with van der Waals surface area (Å²) in [6.07, 6.45) is 5.43. The Morgan fingerprint density at radius 2 is 0.957 bits per heavy atom. The maximum atomic E-state index is 2.46. The van der Waals surface area contributed by atoms with Gasteiger partial charge in [-0.3, -0.25) is 0 Å². The van der Waals surface area contributed by atoms with Gasteiger partial charge in [0.2, 0.25) is 0 Å². The second-order valence-electron chi connectivity index (χ2n) is 6.73. The van der Waals surface area contributed by atoms with Gasteiger partial charge in [0.1, 0.15) is 10.6 Å². The van der Waals surface area contributed by atoms with Crippen LogP contribution in [0.5, 0.6) is 0 Å². The summed E-state index contributed by atoms with van der Waals surface area (Å²) in [6.45, 7) is 9.79. The molecule has 0 atom stereocenters. The van der Waals surface area contributed by atoms with Crippen LogP contribution in [0, 0.1) is 0 Å². The van der Waals surface area contributed by atoms with Gasteiger partial charge in [-0.15, -0.1) is 0 Å². The molecule has 0 saturated carbocycles. The van der Waals surface area contributed by atoms with Crippen LogP contribution in [0.2, 0.25) is 0 Å². The first-order chi connectivity index (χ1) is 11.2. The molecular weight excluding hydrogens is 314 g/mol. The molecule has 23 heavy (non-hydrogen) atoms. The lowest BCUT2D eigenvalue weighted by molar-refractivity contribution is 1.35. The summed E-state index contributed by atoms with van der Waals surface area (Å²) < 4.78 is 0. The van der Waals surface area contributed by atoms with Crippen molar-refractivity contribution in [3.05, 3.63) is 48.5 Å². The molecule has 0 radical (unpaired) electrons. The maximum Gasteiger partial charge on any atom is 0.169 e. The zero-order valence-corrected chi connectivity index (χ0v) is 16.8. The van der Waals surface area contributed by atoms with Crippen LogP contribution >= 0.6 is 14.5 Å². The van der Waals surface area contributed by atoms with Gasteiger partial charge in [0.05, 0.1) is 39.2 Å². The highest BCUT2D eigenvalue weighted by Crippen LogP contribution is 2.75. The van der Waals surface area contributed by atoms with Crippen molar-refractivity contribution >= 4 is 25.1 Å². The quantitative estimate of drug-likeness (QED) is 0.625. The summed E-state index contributed by atoms with van der Waals surface area (Å²) in [5.74, 6) is 1.49. The molecule has 2 aromatic carbocycles. The Balaban J connectivity index is 2.39. The van der Waals surface area contributed by atoms with Crippen molar-refractivity contribution in [1.82, 2.24) is 0 Å². The zero-order chi connectivity index (χ0) is 16.5. The van der Waals surface area contributed by atoms with Crippen molar-refractivity contribution in [1.29, 1.82) is 0 Å². The van der Waals surface area contributed by atoms with Crippen LogP contribution < -0.4 is 10.6 Å². The molecule has 0 aliphatic carbocycles. The molecule has 0 spiro atoms. The van der Waals surface area contributed by atoms with Crippen LogP contribution in [0.15, 0.2) is 48.5 Å². The molecule has 0 fully saturated rings. The van der Waals surface area contributed by atoms with E-state index in [-0.39, 0.29) is 0 Å². The van der Waals surface area contributed by atoms with Crippen LogP contribution in [0.25, 0.3) is 11.1 Å². The van der Waals surface area contributed by atoms with Gasteiger partial charge < -0.3 is 0 Å². The summed E-state index contributed by atoms with van der Waals surface area (Å²) >= 11 is 0. The molecule has 2 aromatic rings. The van der Waals surface area contributed by atoms with E-state index in [1.165, 1.54) is 30.6 Å². The van der Waals surface area contributed by atoms with Crippen molar-refractivity contribution in [2.24, 2.45) is 0 Å². The minimum Gasteiger partial charge on any atom is -0.0614 e. The van der Waals surface area contributed by atoms with Gasteiger partial charge in [-0.05, 0) is 39.8 Å². The van der Waals surface area contributed by atoms with Gasteiger partial charge >= 0.3 is 0 Å². The van der Waals surface area contributed by atoms with Gasteiger partial charge in [-0.1, -0.05) is 36.4 Å². The van der Waals surface area contributed by atoms with Gasteiger partial charge in [-0.25, -0.2) is 0 Å². The largest absolute Gasteiger partial charge is 0.169 e. The standard InChI is InChI=1S/C21H30P2/c1-5-22(6-2)17-23(7-3,8-4)21-16-12-10-14-19(21)18-13-9-11-15-20(18)22/h9-16H,5-8,17H2,1-4H3/q+2. The van der Waals surface area contributed by atoms with Gasteiger partial charge in [0, 0.05) is 11.1 Å². The Hall–Kier alpha value is -0.700. The molecule has 1 aliphatic rings. The third-order valence-corrected chi connectivity index (χ3v) is 18.1. The Morgan fingerprint density at radius 1 is 0.609 bits per heavy atom. The minimum absolute atomic E-state index is 1.07. The monoisotopic (exact) mass is 344 g/mol. The number of benzene rings is 2. The molecule has 0 unspecified atom stereocenters. The number of hydrogen-bond donors (Lipinski definition) is 0. The average molecular weight is 344 g/mol. The molecule has 1 heterocycles. The molecule has 0 bridgehead atoms. The highest BCUT2D eigenvalue weighted by molar-refractivity contribution is 7.98. The lowest BCUT2D eigenvalue weighted by Gasteiger charge is -2.30. The first-order valence-electron chi connectivity index (χ1n) is 9.08. The van der Waals surface area contributed by atoms with Crippen molar-refractivity contribution in [3.63, 3.8) is 0 Å². The second kappa shape index (κ2) is 6.66. The van der Waals surface area contributed by atoms with Crippen LogP contribution in [-0.4, -0.2) is 30.6 Å². The molecule has 0 nitrogen and oxygen atoms in total. The van der Waals surface area contributed by atoms with Crippen LogP contribution in [0.3, 0.4) is 0 Å².